The number of rotatable bonds is 7. The van der Waals surface area contributed by atoms with Crippen molar-refractivity contribution in [1.82, 2.24) is 10.2 Å². The molecular formula is C16H26N2S2. The monoisotopic (exact) mass is 310 g/mol. The molecule has 0 atom stereocenters. The maximum atomic E-state index is 5.39. The Hall–Kier alpha value is -0.580. The molecule has 0 radical (unpaired) electrons. The van der Waals surface area contributed by atoms with Crippen LogP contribution in [0, 0.1) is 13.8 Å². The maximum absolute atomic E-state index is 5.39. The Morgan fingerprint density at radius 3 is 2.60 bits per heavy atom. The lowest BCUT2D eigenvalue weighted by Crippen LogP contribution is -2.27. The van der Waals surface area contributed by atoms with E-state index in [1.807, 2.05) is 0 Å². The van der Waals surface area contributed by atoms with Gasteiger partial charge in [0.1, 0.15) is 4.32 Å². The zero-order valence-electron chi connectivity index (χ0n) is 13.0. The smallest absolute Gasteiger partial charge is 0.134 e. The summed E-state index contributed by atoms with van der Waals surface area (Å²) in [6.07, 6.45) is 0. The minimum Gasteiger partial charge on any atom is -0.367 e. The normalized spacial score (nSPS) is 10.8. The highest BCUT2D eigenvalue weighted by Crippen LogP contribution is 2.11. The van der Waals surface area contributed by atoms with Gasteiger partial charge in [0.15, 0.2) is 0 Å². The molecule has 1 rings (SSSR count). The lowest BCUT2D eigenvalue weighted by Gasteiger charge is -2.17. The van der Waals surface area contributed by atoms with Crippen molar-refractivity contribution in [2.45, 2.75) is 34.2 Å². The molecule has 0 fully saturated rings. The van der Waals surface area contributed by atoms with Gasteiger partial charge in [-0.3, -0.25) is 0 Å². The van der Waals surface area contributed by atoms with Crippen molar-refractivity contribution in [3.8, 4) is 0 Å². The van der Waals surface area contributed by atoms with Gasteiger partial charge in [-0.05, 0) is 38.1 Å². The number of nitrogens with one attached hydrogen (secondary N) is 1. The fourth-order valence-corrected chi connectivity index (χ4v) is 3.05. The average Bonchev–Trinajstić information content (AvgIpc) is 2.44. The van der Waals surface area contributed by atoms with Crippen LogP contribution in [-0.2, 0) is 6.54 Å². The zero-order chi connectivity index (χ0) is 15.0. The second-order valence-corrected chi connectivity index (χ2v) is 6.72. The summed E-state index contributed by atoms with van der Waals surface area (Å²) >= 11 is 7.13. The lowest BCUT2D eigenvalue weighted by molar-refractivity contribution is 0.324. The number of thiocarbonyl (C=S) groups is 1. The first-order valence-electron chi connectivity index (χ1n) is 7.25. The molecule has 0 aliphatic heterocycles. The predicted molar refractivity (Wildman–Crippen MR) is 95.6 cm³/mol. The average molecular weight is 311 g/mol. The molecule has 0 heterocycles. The molecule has 0 amide bonds. The van der Waals surface area contributed by atoms with Crippen LogP contribution in [0.5, 0.6) is 0 Å². The van der Waals surface area contributed by atoms with E-state index in [2.05, 4.69) is 56.1 Å². The molecule has 0 aromatic heterocycles. The molecule has 0 aliphatic carbocycles. The molecule has 1 aromatic rings. The van der Waals surface area contributed by atoms with E-state index in [4.69, 9.17) is 12.2 Å². The molecule has 0 saturated heterocycles. The summed E-state index contributed by atoms with van der Waals surface area (Å²) in [4.78, 5) is 2.42. The third kappa shape index (κ3) is 6.25. The van der Waals surface area contributed by atoms with Crippen molar-refractivity contribution in [2.75, 3.05) is 25.4 Å². The number of benzene rings is 1. The topological polar surface area (TPSA) is 15.3 Å². The van der Waals surface area contributed by atoms with Gasteiger partial charge in [-0.2, -0.15) is 0 Å². The summed E-state index contributed by atoms with van der Waals surface area (Å²) in [5, 5.41) is 3.35. The lowest BCUT2D eigenvalue weighted by atomic mass is 10.1. The van der Waals surface area contributed by atoms with Crippen molar-refractivity contribution in [3.63, 3.8) is 0 Å². The van der Waals surface area contributed by atoms with Crippen LogP contribution in [0.1, 0.15) is 30.5 Å². The Bertz CT molecular complexity index is 428. The first-order chi connectivity index (χ1) is 9.56. The number of hydrogen-bond acceptors (Lipinski definition) is 3. The quantitative estimate of drug-likeness (QED) is 0.771. The number of thioether (sulfide) groups is 1. The van der Waals surface area contributed by atoms with E-state index >= 15 is 0 Å². The van der Waals surface area contributed by atoms with Gasteiger partial charge in [-0.15, -0.1) is 0 Å². The van der Waals surface area contributed by atoms with Gasteiger partial charge in [-0.25, -0.2) is 0 Å². The highest BCUT2D eigenvalue weighted by Gasteiger charge is 2.03. The van der Waals surface area contributed by atoms with Crippen LogP contribution < -0.4 is 5.32 Å². The summed E-state index contributed by atoms with van der Waals surface area (Å²) in [7, 11) is 0. The summed E-state index contributed by atoms with van der Waals surface area (Å²) in [5.74, 6) is 1.06. The van der Waals surface area contributed by atoms with Crippen LogP contribution >= 0.6 is 24.0 Å². The number of aryl methyl sites for hydroxylation is 2. The van der Waals surface area contributed by atoms with E-state index in [-0.39, 0.29) is 0 Å². The van der Waals surface area contributed by atoms with E-state index in [0.717, 1.165) is 36.3 Å². The second kappa shape index (κ2) is 9.37. The molecule has 20 heavy (non-hydrogen) atoms. The molecule has 0 bridgehead atoms. The Kier molecular flexibility index (Phi) is 8.19. The van der Waals surface area contributed by atoms with Crippen LogP contribution in [-0.4, -0.2) is 34.6 Å². The highest BCUT2D eigenvalue weighted by molar-refractivity contribution is 8.22. The maximum Gasteiger partial charge on any atom is 0.134 e. The van der Waals surface area contributed by atoms with Gasteiger partial charge in [0.05, 0.1) is 0 Å². The molecule has 112 valence electrons. The van der Waals surface area contributed by atoms with Gasteiger partial charge in [0.25, 0.3) is 0 Å². The van der Waals surface area contributed by atoms with Gasteiger partial charge < -0.3 is 10.2 Å². The number of nitrogens with zero attached hydrogens (tertiary/aromatic N) is 1. The minimum atomic E-state index is 0.824. The van der Waals surface area contributed by atoms with Crippen LogP contribution in [0.4, 0.5) is 0 Å². The zero-order valence-corrected chi connectivity index (χ0v) is 14.7. The molecule has 1 aromatic carbocycles. The van der Waals surface area contributed by atoms with E-state index in [0.29, 0.717) is 0 Å². The van der Waals surface area contributed by atoms with Gasteiger partial charge in [-0.1, -0.05) is 61.6 Å². The van der Waals surface area contributed by atoms with E-state index in [1.54, 1.807) is 11.8 Å². The first kappa shape index (κ1) is 17.5. The van der Waals surface area contributed by atoms with Gasteiger partial charge in [0, 0.05) is 18.8 Å². The molecule has 0 spiro atoms. The Balaban J connectivity index is 2.31. The third-order valence-corrected chi connectivity index (χ3v) is 4.75. The van der Waals surface area contributed by atoms with E-state index in [1.165, 1.54) is 16.7 Å². The Morgan fingerprint density at radius 1 is 1.25 bits per heavy atom. The molecule has 0 aliphatic rings. The van der Waals surface area contributed by atoms with E-state index < -0.39 is 0 Å². The highest BCUT2D eigenvalue weighted by atomic mass is 32.2. The Morgan fingerprint density at radius 2 is 1.95 bits per heavy atom. The van der Waals surface area contributed by atoms with Crippen molar-refractivity contribution in [1.29, 1.82) is 0 Å². The van der Waals surface area contributed by atoms with Crippen LogP contribution in [0.3, 0.4) is 0 Å². The fourth-order valence-electron chi connectivity index (χ4n) is 2.02. The SMILES string of the molecule is CCN(CC)CCSC(=S)NCc1cc(C)ccc1C. The van der Waals surface area contributed by atoms with Crippen LogP contribution in [0.15, 0.2) is 18.2 Å². The van der Waals surface area contributed by atoms with Crippen LogP contribution in [0.2, 0.25) is 0 Å². The number of hydrogen-bond donors (Lipinski definition) is 1. The van der Waals surface area contributed by atoms with Crippen molar-refractivity contribution in [2.24, 2.45) is 0 Å². The van der Waals surface area contributed by atoms with Crippen molar-refractivity contribution in [3.05, 3.63) is 34.9 Å². The van der Waals surface area contributed by atoms with Crippen LogP contribution in [0.25, 0.3) is 0 Å². The predicted octanol–water partition coefficient (Wildman–Crippen LogP) is 3.75. The first-order valence-corrected chi connectivity index (χ1v) is 8.65. The third-order valence-electron chi connectivity index (χ3n) is 3.46. The molecular weight excluding hydrogens is 284 g/mol. The molecule has 0 unspecified atom stereocenters. The standard InChI is InChI=1S/C16H26N2S2/c1-5-18(6-2)9-10-20-16(19)17-12-15-11-13(3)7-8-14(15)4/h7-8,11H,5-6,9-10,12H2,1-4H3,(H,17,19). The second-order valence-electron chi connectivity index (χ2n) is 4.95. The molecule has 2 nitrogen and oxygen atoms in total. The largest absolute Gasteiger partial charge is 0.367 e. The molecule has 1 N–H and O–H groups in total. The summed E-state index contributed by atoms with van der Waals surface area (Å²) in [5.41, 5.74) is 3.95. The van der Waals surface area contributed by atoms with Gasteiger partial charge in [0.2, 0.25) is 0 Å². The summed E-state index contributed by atoms with van der Waals surface area (Å²) in [6.45, 7) is 12.8. The molecule has 0 saturated carbocycles. The van der Waals surface area contributed by atoms with E-state index in [9.17, 15) is 0 Å². The molecule has 4 heteroatoms. The summed E-state index contributed by atoms with van der Waals surface area (Å²) in [6, 6.07) is 6.55. The Labute approximate surface area is 133 Å². The summed E-state index contributed by atoms with van der Waals surface area (Å²) < 4.78 is 0.901. The fraction of sp³-hybridized carbons (Fsp3) is 0.562. The minimum absolute atomic E-state index is 0.824. The van der Waals surface area contributed by atoms with Crippen molar-refractivity contribution < 1.29 is 0 Å². The van der Waals surface area contributed by atoms with Gasteiger partial charge >= 0.3 is 0 Å². The van der Waals surface area contributed by atoms with Crippen molar-refractivity contribution >= 4 is 28.3 Å².